The van der Waals surface area contributed by atoms with Crippen molar-refractivity contribution in [3.63, 3.8) is 0 Å². The quantitative estimate of drug-likeness (QED) is 0.439. The van der Waals surface area contributed by atoms with Crippen LogP contribution < -0.4 is 19.5 Å². The number of nitrogens with zero attached hydrogens (tertiary/aromatic N) is 1. The normalized spacial score (nSPS) is 12.1. The van der Waals surface area contributed by atoms with Gasteiger partial charge in [0.25, 0.3) is 10.0 Å². The number of hydrogen-bond donors (Lipinski definition) is 2. The third kappa shape index (κ3) is 5.07. The second-order valence-electron chi connectivity index (χ2n) is 7.10. The first kappa shape index (κ1) is 25.6. The number of aliphatic hydroxyl groups is 1. The molecule has 0 radical (unpaired) electrons. The first-order valence-electron chi connectivity index (χ1n) is 9.85. The molecule has 0 bridgehead atoms. The Morgan fingerprint density at radius 2 is 1.74 bits per heavy atom. The van der Waals surface area contributed by atoms with Crippen LogP contribution in [0.15, 0.2) is 65.6 Å². The number of rotatable bonds is 9. The monoisotopic (exact) mass is 524 g/mol. The predicted molar refractivity (Wildman–Crippen MR) is 130 cm³/mol. The standard InChI is InChI=1S/C23H22Cl2N2O6S/c1-32-19-8-5-9-20(23(19)33-2)34(30,31)27(13-21(26)28)18-11-10-14(24)12-16(18)22(29)15-6-3-4-7-17(15)25/h3-12,22,29H,13H2,1-2H3,(H2,26,28). The Bertz CT molecular complexity index is 1320. The number of para-hydroxylation sites is 1. The Balaban J connectivity index is 2.26. The van der Waals surface area contributed by atoms with Crippen LogP contribution in [0.4, 0.5) is 5.69 Å². The van der Waals surface area contributed by atoms with Crippen LogP contribution >= 0.6 is 23.2 Å². The molecule has 8 nitrogen and oxygen atoms in total. The molecule has 0 spiro atoms. The largest absolute Gasteiger partial charge is 0.493 e. The third-order valence-electron chi connectivity index (χ3n) is 4.99. The van der Waals surface area contributed by atoms with Crippen LogP contribution in [0.3, 0.4) is 0 Å². The number of primary amides is 1. The maximum Gasteiger partial charge on any atom is 0.268 e. The predicted octanol–water partition coefficient (Wildman–Crippen LogP) is 3.77. The molecule has 0 saturated carbocycles. The fourth-order valence-corrected chi connectivity index (χ4v) is 5.50. The van der Waals surface area contributed by atoms with Crippen LogP contribution in [0.2, 0.25) is 10.0 Å². The van der Waals surface area contributed by atoms with Gasteiger partial charge in [-0.3, -0.25) is 9.10 Å². The summed E-state index contributed by atoms with van der Waals surface area (Å²) in [7, 11) is -1.78. The van der Waals surface area contributed by atoms with Gasteiger partial charge in [-0.2, -0.15) is 0 Å². The van der Waals surface area contributed by atoms with Crippen molar-refractivity contribution in [1.29, 1.82) is 0 Å². The number of halogens is 2. The van der Waals surface area contributed by atoms with Gasteiger partial charge in [-0.1, -0.05) is 47.5 Å². The van der Waals surface area contributed by atoms with Crippen molar-refractivity contribution in [2.45, 2.75) is 11.0 Å². The number of benzene rings is 3. The van der Waals surface area contributed by atoms with Crippen molar-refractivity contribution < 1.29 is 27.8 Å². The highest BCUT2D eigenvalue weighted by atomic mass is 35.5. The van der Waals surface area contributed by atoms with Gasteiger partial charge in [-0.25, -0.2) is 8.42 Å². The second-order valence-corrected chi connectivity index (χ2v) is 9.77. The van der Waals surface area contributed by atoms with Gasteiger partial charge >= 0.3 is 0 Å². The highest BCUT2D eigenvalue weighted by Gasteiger charge is 2.33. The van der Waals surface area contributed by atoms with E-state index in [1.54, 1.807) is 24.3 Å². The number of sulfonamides is 1. The topological polar surface area (TPSA) is 119 Å². The van der Waals surface area contributed by atoms with Crippen molar-refractivity contribution in [2.75, 3.05) is 25.1 Å². The second kappa shape index (κ2) is 10.5. The minimum absolute atomic E-state index is 0.0134. The number of hydrogen-bond acceptors (Lipinski definition) is 6. The first-order chi connectivity index (χ1) is 16.1. The van der Waals surface area contributed by atoms with E-state index in [0.29, 0.717) is 5.56 Å². The zero-order chi connectivity index (χ0) is 25.0. The zero-order valence-corrected chi connectivity index (χ0v) is 20.6. The fraction of sp³-hybridized carbons (Fsp3) is 0.174. The summed E-state index contributed by atoms with van der Waals surface area (Å²) in [4.78, 5) is 11.7. The van der Waals surface area contributed by atoms with E-state index < -0.39 is 28.6 Å². The van der Waals surface area contributed by atoms with Crippen molar-refractivity contribution in [3.05, 3.63) is 81.8 Å². The van der Waals surface area contributed by atoms with Crippen molar-refractivity contribution >= 4 is 44.8 Å². The minimum Gasteiger partial charge on any atom is -0.493 e. The number of anilines is 1. The van der Waals surface area contributed by atoms with E-state index in [2.05, 4.69) is 0 Å². The molecule has 3 aromatic rings. The highest BCUT2D eigenvalue weighted by Crippen LogP contribution is 2.40. The van der Waals surface area contributed by atoms with Gasteiger partial charge in [0, 0.05) is 21.2 Å². The number of methoxy groups -OCH3 is 2. The van der Waals surface area contributed by atoms with Gasteiger partial charge in [0.15, 0.2) is 11.5 Å². The number of carbonyl (C=O) groups is 1. The molecular formula is C23H22Cl2N2O6S. The summed E-state index contributed by atoms with van der Waals surface area (Å²) in [6.45, 7) is -0.716. The average Bonchev–Trinajstić information content (AvgIpc) is 2.81. The molecule has 0 aromatic heterocycles. The summed E-state index contributed by atoms with van der Waals surface area (Å²) >= 11 is 12.4. The van der Waals surface area contributed by atoms with E-state index in [-0.39, 0.29) is 37.7 Å². The molecule has 0 fully saturated rings. The van der Waals surface area contributed by atoms with Crippen LogP contribution in [0.1, 0.15) is 17.2 Å². The molecule has 1 amide bonds. The van der Waals surface area contributed by atoms with Crippen molar-refractivity contribution in [1.82, 2.24) is 0 Å². The molecule has 0 aliphatic rings. The Kier molecular flexibility index (Phi) is 7.93. The lowest BCUT2D eigenvalue weighted by Crippen LogP contribution is -2.39. The molecule has 11 heteroatoms. The maximum atomic E-state index is 13.8. The van der Waals surface area contributed by atoms with Gasteiger partial charge in [0.1, 0.15) is 17.5 Å². The molecule has 0 aliphatic carbocycles. The number of carbonyl (C=O) groups excluding carboxylic acids is 1. The van der Waals surface area contributed by atoms with Crippen molar-refractivity contribution in [3.8, 4) is 11.5 Å². The van der Waals surface area contributed by atoms with E-state index >= 15 is 0 Å². The van der Waals surface area contributed by atoms with E-state index in [1.807, 2.05) is 0 Å². The number of amides is 1. The van der Waals surface area contributed by atoms with Gasteiger partial charge in [-0.15, -0.1) is 0 Å². The van der Waals surface area contributed by atoms with Crippen molar-refractivity contribution in [2.24, 2.45) is 5.73 Å². The zero-order valence-electron chi connectivity index (χ0n) is 18.2. The number of ether oxygens (including phenoxy) is 2. The van der Waals surface area contributed by atoms with Gasteiger partial charge in [0.2, 0.25) is 5.91 Å². The Hall–Kier alpha value is -2.98. The maximum absolute atomic E-state index is 13.8. The molecule has 1 unspecified atom stereocenters. The van der Waals surface area contributed by atoms with Gasteiger partial charge < -0.3 is 20.3 Å². The molecule has 3 rings (SSSR count). The molecule has 0 saturated heterocycles. The SMILES string of the molecule is COc1cccc(S(=O)(=O)N(CC(N)=O)c2ccc(Cl)cc2C(O)c2ccccc2Cl)c1OC. The molecular weight excluding hydrogens is 503 g/mol. The third-order valence-corrected chi connectivity index (χ3v) is 7.35. The smallest absolute Gasteiger partial charge is 0.268 e. The summed E-state index contributed by atoms with van der Waals surface area (Å²) in [6.07, 6.45) is -1.36. The Labute approximate surface area is 207 Å². The van der Waals surface area contributed by atoms with Crippen LogP contribution in [0, 0.1) is 0 Å². The van der Waals surface area contributed by atoms with E-state index in [4.69, 9.17) is 38.4 Å². The summed E-state index contributed by atoms with van der Waals surface area (Å²) < 4.78 is 38.9. The van der Waals surface area contributed by atoms with Gasteiger partial charge in [0.05, 0.1) is 19.9 Å². The van der Waals surface area contributed by atoms with E-state index in [0.717, 1.165) is 4.31 Å². The first-order valence-corrected chi connectivity index (χ1v) is 12.0. The summed E-state index contributed by atoms with van der Waals surface area (Å²) in [5.74, 6) is -0.796. The Morgan fingerprint density at radius 1 is 1.03 bits per heavy atom. The summed E-state index contributed by atoms with van der Waals surface area (Å²) in [5, 5.41) is 11.7. The summed E-state index contributed by atoms with van der Waals surface area (Å²) in [6, 6.07) is 15.1. The number of nitrogens with two attached hydrogens (primary N) is 1. The molecule has 0 aliphatic heterocycles. The number of aliphatic hydroxyl groups excluding tert-OH is 1. The van der Waals surface area contributed by atoms with Gasteiger partial charge in [-0.05, 0) is 36.4 Å². The Morgan fingerprint density at radius 3 is 2.35 bits per heavy atom. The minimum atomic E-state index is -4.45. The van der Waals surface area contributed by atoms with Crippen LogP contribution in [0.5, 0.6) is 11.5 Å². The molecule has 1 atom stereocenters. The molecule has 3 N–H and O–H groups in total. The van der Waals surface area contributed by atoms with E-state index in [1.165, 1.54) is 50.6 Å². The molecule has 34 heavy (non-hydrogen) atoms. The molecule has 3 aromatic carbocycles. The lowest BCUT2D eigenvalue weighted by Gasteiger charge is -2.28. The summed E-state index contributed by atoms with van der Waals surface area (Å²) in [5.41, 5.74) is 5.83. The van der Waals surface area contributed by atoms with Crippen LogP contribution in [0.25, 0.3) is 0 Å². The average molecular weight is 525 g/mol. The molecule has 0 heterocycles. The lowest BCUT2D eigenvalue weighted by molar-refractivity contribution is -0.116. The molecule has 180 valence electrons. The van der Waals surface area contributed by atoms with Crippen LogP contribution in [-0.2, 0) is 14.8 Å². The lowest BCUT2D eigenvalue weighted by atomic mass is 9.99. The highest BCUT2D eigenvalue weighted by molar-refractivity contribution is 7.93. The fourth-order valence-electron chi connectivity index (χ4n) is 3.46. The van der Waals surface area contributed by atoms with E-state index in [9.17, 15) is 18.3 Å². The van der Waals surface area contributed by atoms with Crippen LogP contribution in [-0.4, -0.2) is 40.2 Å².